The van der Waals surface area contributed by atoms with Gasteiger partial charge in [-0.15, -0.1) is 34.5 Å². The number of thiazole rings is 1. The minimum atomic E-state index is -0.988. The van der Waals surface area contributed by atoms with Gasteiger partial charge in [0, 0.05) is 6.42 Å². The molecule has 0 unspecified atom stereocenters. The lowest BCUT2D eigenvalue weighted by atomic mass is 10.1. The predicted octanol–water partition coefficient (Wildman–Crippen LogP) is 3.92. The van der Waals surface area contributed by atoms with Crippen LogP contribution in [0.5, 0.6) is 0 Å². The quantitative estimate of drug-likeness (QED) is 0.636. The summed E-state index contributed by atoms with van der Waals surface area (Å²) in [5.74, 6) is -0.364. The molecule has 1 saturated carbocycles. The van der Waals surface area contributed by atoms with Crippen LogP contribution < -0.4 is 0 Å². The van der Waals surface area contributed by atoms with E-state index in [0.29, 0.717) is 6.42 Å². The monoisotopic (exact) mass is 315 g/mol. The topological polar surface area (TPSA) is 39.2 Å². The van der Waals surface area contributed by atoms with Gasteiger partial charge in [-0.2, -0.15) is 0 Å². The van der Waals surface area contributed by atoms with Crippen molar-refractivity contribution >= 4 is 50.7 Å². The molecular weight excluding hydrogens is 305 g/mol. The molecule has 0 bridgehead atoms. The second kappa shape index (κ2) is 4.33. The van der Waals surface area contributed by atoms with Gasteiger partial charge < -0.3 is 4.74 Å². The molecule has 3 rings (SSSR count). The van der Waals surface area contributed by atoms with Crippen LogP contribution in [0, 0.1) is 5.41 Å². The van der Waals surface area contributed by atoms with Gasteiger partial charge in [-0.25, -0.2) is 4.98 Å². The first-order chi connectivity index (χ1) is 8.92. The van der Waals surface area contributed by atoms with Gasteiger partial charge in [-0.05, 0) is 19.1 Å². The van der Waals surface area contributed by atoms with E-state index in [9.17, 15) is 4.79 Å². The van der Waals surface area contributed by atoms with E-state index in [1.165, 1.54) is 11.3 Å². The molecule has 1 aliphatic carbocycles. The average Bonchev–Trinajstić information content (AvgIpc) is 2.75. The molecule has 19 heavy (non-hydrogen) atoms. The molecule has 100 valence electrons. The predicted molar refractivity (Wildman–Crippen MR) is 76.6 cm³/mol. The third kappa shape index (κ3) is 2.22. The fraction of sp³-hybridized carbons (Fsp3) is 0.385. The number of para-hydroxylation sites is 1. The molecule has 1 aromatic carbocycles. The zero-order valence-electron chi connectivity index (χ0n) is 10.2. The molecule has 1 heterocycles. The minimum Gasteiger partial charge on any atom is -0.458 e. The van der Waals surface area contributed by atoms with Crippen molar-refractivity contribution < 1.29 is 9.53 Å². The van der Waals surface area contributed by atoms with E-state index in [1.54, 1.807) is 6.92 Å². The van der Waals surface area contributed by atoms with Crippen LogP contribution in [0.3, 0.4) is 0 Å². The van der Waals surface area contributed by atoms with Crippen LogP contribution in [-0.4, -0.2) is 15.3 Å². The van der Waals surface area contributed by atoms with Gasteiger partial charge >= 0.3 is 5.97 Å². The highest BCUT2D eigenvalue weighted by atomic mass is 35.5. The van der Waals surface area contributed by atoms with Crippen molar-refractivity contribution in [3.63, 3.8) is 0 Å². The van der Waals surface area contributed by atoms with E-state index >= 15 is 0 Å². The number of ether oxygens (including phenoxy) is 1. The van der Waals surface area contributed by atoms with Crippen molar-refractivity contribution in [2.24, 2.45) is 5.41 Å². The lowest BCUT2D eigenvalue weighted by Crippen LogP contribution is -2.21. The van der Waals surface area contributed by atoms with E-state index in [1.807, 2.05) is 24.3 Å². The third-order valence-corrected chi connectivity index (χ3v) is 5.48. The van der Waals surface area contributed by atoms with Gasteiger partial charge in [0.15, 0.2) is 0 Å². The summed E-state index contributed by atoms with van der Waals surface area (Å²) < 4.78 is 5.35. The summed E-state index contributed by atoms with van der Waals surface area (Å²) in [4.78, 5) is 16.3. The highest BCUT2D eigenvalue weighted by molar-refractivity contribution is 7.18. The first-order valence-corrected chi connectivity index (χ1v) is 7.39. The first-order valence-electron chi connectivity index (χ1n) is 5.82. The van der Waals surface area contributed by atoms with Crippen molar-refractivity contribution in [3.8, 4) is 0 Å². The normalized spacial score (nSPS) is 24.4. The summed E-state index contributed by atoms with van der Waals surface area (Å²) in [6, 6.07) is 7.81. The summed E-state index contributed by atoms with van der Waals surface area (Å²) in [7, 11) is 0. The molecule has 0 radical (unpaired) electrons. The lowest BCUT2D eigenvalue weighted by molar-refractivity contribution is -0.150. The second-order valence-electron chi connectivity index (χ2n) is 4.86. The maximum atomic E-state index is 11.9. The molecule has 1 atom stereocenters. The number of benzene rings is 1. The average molecular weight is 316 g/mol. The van der Waals surface area contributed by atoms with Gasteiger partial charge in [0.2, 0.25) is 0 Å². The van der Waals surface area contributed by atoms with Crippen molar-refractivity contribution in [2.45, 2.75) is 24.3 Å². The van der Waals surface area contributed by atoms with Crippen LogP contribution in [0.2, 0.25) is 0 Å². The fourth-order valence-corrected chi connectivity index (χ4v) is 3.46. The zero-order chi connectivity index (χ0) is 13.7. The maximum absolute atomic E-state index is 11.9. The van der Waals surface area contributed by atoms with Gasteiger partial charge in [-0.3, -0.25) is 4.79 Å². The van der Waals surface area contributed by atoms with E-state index in [4.69, 9.17) is 27.9 Å². The Kier molecular flexibility index (Phi) is 3.00. The van der Waals surface area contributed by atoms with Crippen LogP contribution in [0.4, 0.5) is 0 Å². The second-order valence-corrected chi connectivity index (χ2v) is 7.46. The largest absolute Gasteiger partial charge is 0.458 e. The van der Waals surface area contributed by atoms with Gasteiger partial charge in [0.25, 0.3) is 0 Å². The number of aromatic nitrogens is 1. The molecule has 6 heteroatoms. The molecule has 3 nitrogen and oxygen atoms in total. The number of alkyl halides is 2. The summed E-state index contributed by atoms with van der Waals surface area (Å²) >= 11 is 13.4. The number of halogens is 2. The number of hydrogen-bond donors (Lipinski definition) is 0. The molecule has 1 fully saturated rings. The lowest BCUT2D eigenvalue weighted by Gasteiger charge is -2.10. The van der Waals surface area contributed by atoms with Crippen LogP contribution >= 0.6 is 34.5 Å². The fourth-order valence-electron chi connectivity index (χ4n) is 1.89. The van der Waals surface area contributed by atoms with Gasteiger partial charge in [0.05, 0.1) is 10.2 Å². The summed E-state index contributed by atoms with van der Waals surface area (Å²) in [6.45, 7) is 1.88. The summed E-state index contributed by atoms with van der Waals surface area (Å²) in [6.07, 6.45) is 0.432. The number of fused-ring (bicyclic) bond motifs is 1. The summed E-state index contributed by atoms with van der Waals surface area (Å²) in [5.41, 5.74) is 0.132. The van der Waals surface area contributed by atoms with Crippen molar-refractivity contribution in [2.75, 3.05) is 0 Å². The maximum Gasteiger partial charge on any atom is 0.315 e. The molecule has 1 aliphatic rings. The smallest absolute Gasteiger partial charge is 0.315 e. The van der Waals surface area contributed by atoms with E-state index in [0.717, 1.165) is 15.2 Å². The minimum absolute atomic E-state index is 0.164. The van der Waals surface area contributed by atoms with E-state index < -0.39 is 9.75 Å². The van der Waals surface area contributed by atoms with E-state index in [2.05, 4.69) is 4.98 Å². The molecule has 0 saturated heterocycles. The van der Waals surface area contributed by atoms with Crippen molar-refractivity contribution in [1.29, 1.82) is 0 Å². The van der Waals surface area contributed by atoms with Crippen LogP contribution in [0.1, 0.15) is 18.4 Å². The molecule has 0 aliphatic heterocycles. The van der Waals surface area contributed by atoms with Crippen molar-refractivity contribution in [1.82, 2.24) is 4.98 Å². The van der Waals surface area contributed by atoms with Crippen LogP contribution in [0.25, 0.3) is 10.2 Å². The molecule has 0 spiro atoms. The Bertz CT molecular complexity index is 622. The van der Waals surface area contributed by atoms with E-state index in [-0.39, 0.29) is 12.6 Å². The highest BCUT2D eigenvalue weighted by Crippen LogP contribution is 2.64. The number of esters is 1. The Morgan fingerprint density at radius 2 is 2.16 bits per heavy atom. The number of rotatable bonds is 3. The SMILES string of the molecule is C[C@@]1(C(=O)OCc2nc3ccccc3s2)CC1(Cl)Cl. The molecule has 1 aromatic heterocycles. The zero-order valence-corrected chi connectivity index (χ0v) is 12.5. The highest BCUT2D eigenvalue weighted by Gasteiger charge is 2.69. The Morgan fingerprint density at radius 1 is 1.47 bits per heavy atom. The number of nitrogens with zero attached hydrogens (tertiary/aromatic N) is 1. The third-order valence-electron chi connectivity index (χ3n) is 3.37. The Morgan fingerprint density at radius 3 is 2.79 bits per heavy atom. The first kappa shape index (κ1) is 13.2. The molecule has 2 aromatic rings. The number of carbonyl (C=O) groups is 1. The van der Waals surface area contributed by atoms with Crippen molar-refractivity contribution in [3.05, 3.63) is 29.3 Å². The van der Waals surface area contributed by atoms with Crippen LogP contribution in [0.15, 0.2) is 24.3 Å². The van der Waals surface area contributed by atoms with Crippen LogP contribution in [-0.2, 0) is 16.1 Å². The number of carbonyl (C=O) groups excluding carboxylic acids is 1. The standard InChI is InChI=1S/C13H11Cl2NO2S/c1-12(7-13(12,14)15)11(17)18-6-10-16-8-4-2-3-5-9(8)19-10/h2-5H,6-7H2,1H3/t12-/m0/s1. The molecule has 0 amide bonds. The molecular formula is C13H11Cl2NO2S. The van der Waals surface area contributed by atoms with Gasteiger partial charge in [-0.1, -0.05) is 12.1 Å². The Hall–Kier alpha value is -0.840. The number of hydrogen-bond acceptors (Lipinski definition) is 4. The Balaban J connectivity index is 1.68. The molecule has 0 N–H and O–H groups in total. The Labute approximate surface area is 124 Å². The summed E-state index contributed by atoms with van der Waals surface area (Å²) in [5, 5.41) is 0.772. The van der Waals surface area contributed by atoms with Gasteiger partial charge in [0.1, 0.15) is 21.4 Å².